The zero-order chi connectivity index (χ0) is 16.4. The first-order valence-corrected chi connectivity index (χ1v) is 8.00. The van der Waals surface area contributed by atoms with E-state index in [1.54, 1.807) is 31.2 Å². The number of hydrogen-bond acceptors (Lipinski definition) is 2. The highest BCUT2D eigenvalue weighted by Gasteiger charge is 2.71. The molecule has 0 bridgehead atoms. The first kappa shape index (κ1) is 14.8. The molecule has 6 heteroatoms. The van der Waals surface area contributed by atoms with Crippen molar-refractivity contribution in [1.29, 1.82) is 0 Å². The minimum atomic E-state index is -2.52. The molecule has 1 aromatic heterocycles. The minimum absolute atomic E-state index is 0.0868. The number of halogens is 3. The zero-order valence-electron chi connectivity index (χ0n) is 12.4. The number of aromatic amines is 1. The highest BCUT2D eigenvalue weighted by Crippen LogP contribution is 2.67. The van der Waals surface area contributed by atoms with Gasteiger partial charge in [0.1, 0.15) is 5.82 Å². The summed E-state index contributed by atoms with van der Waals surface area (Å²) in [6.45, 7) is 1.71. The second-order valence-corrected chi connectivity index (χ2v) is 6.91. The largest absolute Gasteiger partial charge is 0.310 e. The highest BCUT2D eigenvalue weighted by molar-refractivity contribution is 6.30. The summed E-state index contributed by atoms with van der Waals surface area (Å²) < 4.78 is 26.9. The van der Waals surface area contributed by atoms with Gasteiger partial charge in [-0.1, -0.05) is 23.7 Å². The number of nitrogens with one attached hydrogen (secondary N) is 1. The standard InChI is InChI=1S/C17H15ClF2N2O/c1-8-21-15(10-6-12-13(7-10)17(12,19)20)14(16(23)22-8)9-2-4-11(18)5-3-9/h2-5,10,12-13H,6-7H2,1H3,(H,21,22,23)/t10?,12-,13+. The van der Waals surface area contributed by atoms with Crippen LogP contribution in [-0.2, 0) is 0 Å². The van der Waals surface area contributed by atoms with E-state index in [1.165, 1.54) is 0 Å². The zero-order valence-corrected chi connectivity index (χ0v) is 13.2. The fourth-order valence-corrected chi connectivity index (χ4v) is 3.96. The maximum atomic E-state index is 13.5. The summed E-state index contributed by atoms with van der Waals surface area (Å²) in [6, 6.07) is 6.94. The van der Waals surface area contributed by atoms with Crippen LogP contribution in [0.2, 0.25) is 5.02 Å². The first-order chi connectivity index (χ1) is 10.9. The van der Waals surface area contributed by atoms with Gasteiger partial charge in [-0.05, 0) is 37.5 Å². The van der Waals surface area contributed by atoms with Gasteiger partial charge in [-0.2, -0.15) is 0 Å². The van der Waals surface area contributed by atoms with E-state index in [1.807, 2.05) is 0 Å². The van der Waals surface area contributed by atoms with Crippen molar-refractivity contribution >= 4 is 11.6 Å². The Morgan fingerprint density at radius 1 is 1.22 bits per heavy atom. The predicted octanol–water partition coefficient (Wildman–Crippen LogP) is 4.16. The van der Waals surface area contributed by atoms with Gasteiger partial charge >= 0.3 is 0 Å². The number of benzene rings is 1. The van der Waals surface area contributed by atoms with Crippen LogP contribution in [-0.4, -0.2) is 15.9 Å². The molecule has 3 nitrogen and oxygen atoms in total. The summed E-state index contributed by atoms with van der Waals surface area (Å²) in [5.74, 6) is -3.20. The van der Waals surface area contributed by atoms with Gasteiger partial charge in [0, 0.05) is 22.8 Å². The van der Waals surface area contributed by atoms with Gasteiger partial charge in [-0.3, -0.25) is 4.79 Å². The number of aromatic nitrogens is 2. The van der Waals surface area contributed by atoms with Crippen molar-refractivity contribution in [2.75, 3.05) is 0 Å². The molecule has 0 saturated heterocycles. The van der Waals surface area contributed by atoms with E-state index in [0.29, 0.717) is 40.5 Å². The molecule has 0 aliphatic heterocycles. The molecule has 1 aromatic carbocycles. The Kier molecular flexibility index (Phi) is 3.14. The Hall–Kier alpha value is -1.75. The summed E-state index contributed by atoms with van der Waals surface area (Å²) >= 11 is 5.90. The fraction of sp³-hybridized carbons (Fsp3) is 0.412. The fourth-order valence-electron chi connectivity index (χ4n) is 3.83. The van der Waals surface area contributed by atoms with Gasteiger partial charge in [-0.25, -0.2) is 13.8 Å². The molecule has 2 aliphatic carbocycles. The molecule has 2 aromatic rings. The monoisotopic (exact) mass is 336 g/mol. The van der Waals surface area contributed by atoms with E-state index >= 15 is 0 Å². The second-order valence-electron chi connectivity index (χ2n) is 6.47. The van der Waals surface area contributed by atoms with Crippen molar-refractivity contribution in [3.63, 3.8) is 0 Å². The number of H-pyrrole nitrogens is 1. The van der Waals surface area contributed by atoms with Gasteiger partial charge in [0.25, 0.3) is 11.5 Å². The second kappa shape index (κ2) is 4.87. The van der Waals surface area contributed by atoms with Crippen LogP contribution >= 0.6 is 11.6 Å². The third-order valence-corrected chi connectivity index (χ3v) is 5.28. The third-order valence-electron chi connectivity index (χ3n) is 5.03. The Morgan fingerprint density at radius 2 is 1.83 bits per heavy atom. The summed E-state index contributed by atoms with van der Waals surface area (Å²) in [5, 5.41) is 0.577. The van der Waals surface area contributed by atoms with Gasteiger partial charge in [0.15, 0.2) is 0 Å². The lowest BCUT2D eigenvalue weighted by atomic mass is 9.92. The molecule has 3 atom stereocenters. The molecule has 2 aliphatic rings. The number of alkyl halides is 2. The Bertz CT molecular complexity index is 817. The molecular formula is C17H15ClF2N2O. The molecular weight excluding hydrogens is 322 g/mol. The molecule has 0 spiro atoms. The van der Waals surface area contributed by atoms with Crippen LogP contribution in [0.5, 0.6) is 0 Å². The van der Waals surface area contributed by atoms with E-state index in [-0.39, 0.29) is 11.5 Å². The van der Waals surface area contributed by atoms with Gasteiger partial charge < -0.3 is 4.98 Å². The smallest absolute Gasteiger partial charge is 0.259 e. The summed E-state index contributed by atoms with van der Waals surface area (Å²) in [6.07, 6.45) is 0.794. The summed E-state index contributed by atoms with van der Waals surface area (Å²) in [5.41, 5.74) is 1.59. The molecule has 0 amide bonds. The molecule has 2 saturated carbocycles. The van der Waals surface area contributed by atoms with Crippen LogP contribution in [0, 0.1) is 18.8 Å². The molecule has 0 radical (unpaired) electrons. The molecule has 1 N–H and O–H groups in total. The molecule has 1 unspecified atom stereocenters. The lowest BCUT2D eigenvalue weighted by Gasteiger charge is -2.17. The third kappa shape index (κ3) is 2.29. The predicted molar refractivity (Wildman–Crippen MR) is 83.9 cm³/mol. The van der Waals surface area contributed by atoms with Gasteiger partial charge in [0.05, 0.1) is 11.3 Å². The number of rotatable bonds is 2. The summed E-state index contributed by atoms with van der Waals surface area (Å²) in [7, 11) is 0. The quantitative estimate of drug-likeness (QED) is 0.895. The van der Waals surface area contributed by atoms with Crippen LogP contribution in [0.4, 0.5) is 8.78 Å². The number of nitrogens with zero attached hydrogens (tertiary/aromatic N) is 1. The summed E-state index contributed by atoms with van der Waals surface area (Å²) in [4.78, 5) is 19.6. The van der Waals surface area contributed by atoms with Crippen LogP contribution in [0.3, 0.4) is 0 Å². The van der Waals surface area contributed by atoms with E-state index in [2.05, 4.69) is 9.97 Å². The maximum Gasteiger partial charge on any atom is 0.259 e. The maximum absolute atomic E-state index is 13.5. The number of fused-ring (bicyclic) bond motifs is 1. The average molecular weight is 337 g/mol. The van der Waals surface area contributed by atoms with Crippen LogP contribution in [0.1, 0.15) is 30.3 Å². The van der Waals surface area contributed by atoms with Gasteiger partial charge in [-0.15, -0.1) is 0 Å². The molecule has 1 heterocycles. The van der Waals surface area contributed by atoms with Crippen LogP contribution in [0.25, 0.3) is 11.1 Å². The van der Waals surface area contributed by atoms with Crippen LogP contribution in [0.15, 0.2) is 29.1 Å². The molecule has 2 fully saturated rings. The lowest BCUT2D eigenvalue weighted by molar-refractivity contribution is 0.0693. The van der Waals surface area contributed by atoms with Crippen molar-refractivity contribution in [1.82, 2.24) is 9.97 Å². The number of hydrogen-bond donors (Lipinski definition) is 1. The first-order valence-electron chi connectivity index (χ1n) is 7.62. The normalized spacial score (nSPS) is 27.7. The topological polar surface area (TPSA) is 45.8 Å². The molecule has 23 heavy (non-hydrogen) atoms. The van der Waals surface area contributed by atoms with Crippen molar-refractivity contribution < 1.29 is 8.78 Å². The van der Waals surface area contributed by atoms with Crippen molar-refractivity contribution in [3.8, 4) is 11.1 Å². The average Bonchev–Trinajstić information content (AvgIpc) is 2.87. The molecule has 4 rings (SSSR count). The van der Waals surface area contributed by atoms with Crippen molar-refractivity contribution in [2.45, 2.75) is 31.6 Å². The van der Waals surface area contributed by atoms with E-state index in [9.17, 15) is 13.6 Å². The van der Waals surface area contributed by atoms with Crippen molar-refractivity contribution in [2.24, 2.45) is 11.8 Å². The van der Waals surface area contributed by atoms with Gasteiger partial charge in [0.2, 0.25) is 0 Å². The Balaban J connectivity index is 1.78. The van der Waals surface area contributed by atoms with E-state index in [0.717, 1.165) is 0 Å². The van der Waals surface area contributed by atoms with Crippen LogP contribution < -0.4 is 5.56 Å². The lowest BCUT2D eigenvalue weighted by Crippen LogP contribution is -2.19. The van der Waals surface area contributed by atoms with E-state index < -0.39 is 17.8 Å². The minimum Gasteiger partial charge on any atom is -0.310 e. The van der Waals surface area contributed by atoms with E-state index in [4.69, 9.17) is 11.6 Å². The number of aryl methyl sites for hydroxylation is 1. The van der Waals surface area contributed by atoms with Crippen molar-refractivity contribution in [3.05, 3.63) is 51.2 Å². The Labute approximate surface area is 136 Å². The highest BCUT2D eigenvalue weighted by atomic mass is 35.5. The SMILES string of the molecule is Cc1nc(C2C[C@@H]3[C@H](C2)C3(F)F)c(-c2ccc(Cl)cc2)c(=O)[nH]1. The molecule has 120 valence electrons. The Morgan fingerprint density at radius 3 is 2.43 bits per heavy atom.